The molecule has 4 N–H and O–H groups in total. The van der Waals surface area contributed by atoms with Crippen LogP contribution in [0.15, 0.2) is 59.1 Å². The highest BCUT2D eigenvalue weighted by Gasteiger charge is 2.31. The van der Waals surface area contributed by atoms with Crippen LogP contribution in [0.2, 0.25) is 0 Å². The van der Waals surface area contributed by atoms with Crippen molar-refractivity contribution >= 4 is 52.1 Å². The van der Waals surface area contributed by atoms with Crippen LogP contribution in [-0.2, 0) is 40.3 Å². The number of thiazole rings is 3. The van der Waals surface area contributed by atoms with Crippen LogP contribution in [0.5, 0.6) is 0 Å². The van der Waals surface area contributed by atoms with Crippen molar-refractivity contribution in [3.63, 3.8) is 0 Å². The van der Waals surface area contributed by atoms with Crippen LogP contribution >= 0.6 is 34.0 Å². The summed E-state index contributed by atoms with van der Waals surface area (Å²) in [5, 5.41) is 23.0. The van der Waals surface area contributed by atoms with Crippen molar-refractivity contribution in [1.82, 2.24) is 30.9 Å². The number of carbonyl (C=O) groups excluding carboxylic acids is 3. The number of benzene rings is 1. The summed E-state index contributed by atoms with van der Waals surface area (Å²) in [5.74, 6) is -0.478. The number of aliphatic hydroxyl groups is 1. The number of rotatable bonds is 17. The van der Waals surface area contributed by atoms with E-state index in [4.69, 9.17) is 9.47 Å². The molecule has 48 heavy (non-hydrogen) atoms. The minimum absolute atomic E-state index is 0.0162. The minimum Gasteiger partial charge on any atom is -0.444 e. The third kappa shape index (κ3) is 12.0. The monoisotopic (exact) mass is 714 g/mol. The Bertz CT molecular complexity index is 1550. The van der Waals surface area contributed by atoms with Gasteiger partial charge in [-0.1, -0.05) is 58.0 Å². The Morgan fingerprint density at radius 1 is 0.833 bits per heavy atom. The average molecular weight is 715 g/mol. The van der Waals surface area contributed by atoms with Gasteiger partial charge in [-0.05, 0) is 24.3 Å². The summed E-state index contributed by atoms with van der Waals surface area (Å²) in [6.07, 6.45) is 1.73. The molecule has 3 heterocycles. The molecule has 4 atom stereocenters. The fourth-order valence-electron chi connectivity index (χ4n) is 4.81. The Kier molecular flexibility index (Phi) is 14.3. The smallest absolute Gasteiger partial charge is 0.408 e. The zero-order valence-electron chi connectivity index (χ0n) is 27.3. The largest absolute Gasteiger partial charge is 0.444 e. The highest BCUT2D eigenvalue weighted by Crippen LogP contribution is 2.20. The molecule has 4 rings (SSSR count). The van der Waals surface area contributed by atoms with Gasteiger partial charge in [-0.2, -0.15) is 0 Å². The van der Waals surface area contributed by atoms with Crippen LogP contribution in [0.1, 0.15) is 66.1 Å². The second-order valence-corrected chi connectivity index (χ2v) is 14.8. The summed E-state index contributed by atoms with van der Waals surface area (Å²) in [4.78, 5) is 53.6. The van der Waals surface area contributed by atoms with Gasteiger partial charge in [-0.25, -0.2) is 14.6 Å². The maximum Gasteiger partial charge on any atom is 0.408 e. The number of hydrogen-bond donors (Lipinski definition) is 4. The molecule has 0 unspecified atom stereocenters. The lowest BCUT2D eigenvalue weighted by atomic mass is 9.94. The number of ether oxygens (including phenoxy) is 2. The Labute approximate surface area is 292 Å². The van der Waals surface area contributed by atoms with Crippen LogP contribution in [0, 0.1) is 5.92 Å². The lowest BCUT2D eigenvalue weighted by molar-refractivity contribution is -0.125. The molecule has 0 aliphatic carbocycles. The Morgan fingerprint density at radius 2 is 1.50 bits per heavy atom. The van der Waals surface area contributed by atoms with E-state index in [2.05, 4.69) is 30.9 Å². The van der Waals surface area contributed by atoms with Gasteiger partial charge in [0.15, 0.2) is 0 Å². The van der Waals surface area contributed by atoms with Crippen molar-refractivity contribution in [2.24, 2.45) is 5.92 Å². The van der Waals surface area contributed by atoms with Crippen molar-refractivity contribution in [3.05, 3.63) is 85.1 Å². The second kappa shape index (κ2) is 18.6. The molecule has 3 amide bonds. The van der Waals surface area contributed by atoms with Gasteiger partial charge in [0.25, 0.3) is 0 Å². The topological polar surface area (TPSA) is 165 Å². The van der Waals surface area contributed by atoms with Gasteiger partial charge in [0.05, 0.1) is 38.7 Å². The predicted molar refractivity (Wildman–Crippen MR) is 186 cm³/mol. The molecule has 0 aliphatic heterocycles. The van der Waals surface area contributed by atoms with Crippen molar-refractivity contribution in [1.29, 1.82) is 0 Å². The van der Waals surface area contributed by atoms with E-state index in [1.54, 1.807) is 23.4 Å². The first-order chi connectivity index (χ1) is 23.1. The molecule has 0 spiro atoms. The number of aliphatic hydroxyl groups excluding tert-OH is 1. The molecule has 4 aromatic rings. The van der Waals surface area contributed by atoms with Crippen LogP contribution in [0.25, 0.3) is 0 Å². The molecule has 0 aliphatic rings. The minimum atomic E-state index is -1.08. The first-order valence-electron chi connectivity index (χ1n) is 15.6. The van der Waals surface area contributed by atoms with Crippen molar-refractivity contribution in [2.45, 2.75) is 90.3 Å². The quantitative estimate of drug-likeness (QED) is 0.111. The Balaban J connectivity index is 1.43. The van der Waals surface area contributed by atoms with E-state index < -0.39 is 42.3 Å². The number of amides is 3. The third-order valence-corrected chi connectivity index (χ3v) is 10.1. The average Bonchev–Trinajstić information content (AvgIpc) is 3.85. The summed E-state index contributed by atoms with van der Waals surface area (Å²) in [6, 6.07) is 7.27. The number of hydrogen-bond acceptors (Lipinski definition) is 12. The molecule has 0 radical (unpaired) electrons. The molecule has 1 aromatic carbocycles. The van der Waals surface area contributed by atoms with Crippen molar-refractivity contribution in [3.8, 4) is 0 Å². The van der Waals surface area contributed by atoms with Gasteiger partial charge in [-0.15, -0.1) is 34.0 Å². The van der Waals surface area contributed by atoms with Gasteiger partial charge < -0.3 is 30.5 Å². The normalized spacial score (nSPS) is 13.8. The van der Waals surface area contributed by atoms with E-state index in [1.807, 2.05) is 63.4 Å². The summed E-state index contributed by atoms with van der Waals surface area (Å²) >= 11 is 4.33. The lowest BCUT2D eigenvalue weighted by Gasteiger charge is -2.30. The summed E-state index contributed by atoms with van der Waals surface area (Å²) in [7, 11) is 0. The molecule has 0 fully saturated rings. The van der Waals surface area contributed by atoms with Crippen LogP contribution in [0.3, 0.4) is 0 Å². The summed E-state index contributed by atoms with van der Waals surface area (Å²) in [6.45, 7) is 7.78. The summed E-state index contributed by atoms with van der Waals surface area (Å²) in [5.41, 5.74) is 4.90. The Hall–Kier alpha value is -3.92. The highest BCUT2D eigenvalue weighted by molar-refractivity contribution is 7.10. The van der Waals surface area contributed by atoms with Gasteiger partial charge in [0, 0.05) is 41.0 Å². The second-order valence-electron chi connectivity index (χ2n) is 11.9. The fourth-order valence-corrected chi connectivity index (χ4v) is 6.82. The van der Waals surface area contributed by atoms with E-state index in [1.165, 1.54) is 34.0 Å². The zero-order valence-corrected chi connectivity index (χ0v) is 29.8. The van der Waals surface area contributed by atoms with Crippen molar-refractivity contribution < 1.29 is 29.0 Å². The maximum absolute atomic E-state index is 13.7. The SMILES string of the molecule is CC(C)c1nc(COC(=O)N[C@H](C(=O)N[C@@H](Cc2ccccc2)[C@@H](O)C[C@@H](Cc2cncs2)NC(=O)OCc2cncs2)C(C)C)cs1. The standard InChI is InChI=1S/C33H42N6O6S3/c1-20(2)29(39-33(43)44-15-24-17-46-31(36-24)21(3)4)30(41)38-27(10-22-8-6-5-7-9-22)28(40)12-23(11-25-13-34-18-47-25)37-32(42)45-16-26-14-35-19-48-26/h5-9,13-14,17-21,23,27-29,40H,10-12,15-16H2,1-4H3,(H,37,42)(H,38,41)(H,39,43)/t23-,27+,28+,29+/m1/s1. The van der Waals surface area contributed by atoms with E-state index in [0.29, 0.717) is 18.5 Å². The molecule has 0 saturated heterocycles. The number of alkyl carbamates (subject to hydrolysis) is 2. The van der Waals surface area contributed by atoms with Gasteiger partial charge in [0.1, 0.15) is 19.3 Å². The van der Waals surface area contributed by atoms with Gasteiger partial charge >= 0.3 is 12.2 Å². The molecular weight excluding hydrogens is 673 g/mol. The fraction of sp³-hybridized carbons (Fsp3) is 0.455. The molecule has 0 saturated carbocycles. The van der Waals surface area contributed by atoms with Crippen LogP contribution < -0.4 is 16.0 Å². The molecule has 3 aromatic heterocycles. The van der Waals surface area contributed by atoms with Crippen LogP contribution in [-0.4, -0.2) is 62.4 Å². The van der Waals surface area contributed by atoms with E-state index in [-0.39, 0.29) is 31.5 Å². The molecule has 12 nitrogen and oxygen atoms in total. The molecule has 15 heteroatoms. The summed E-state index contributed by atoms with van der Waals surface area (Å²) < 4.78 is 10.8. The molecule has 258 valence electrons. The van der Waals surface area contributed by atoms with Crippen LogP contribution in [0.4, 0.5) is 9.59 Å². The number of aromatic nitrogens is 3. The number of nitrogens with zero attached hydrogens (tertiary/aromatic N) is 3. The van der Waals surface area contributed by atoms with Gasteiger partial charge in [-0.3, -0.25) is 14.8 Å². The third-order valence-electron chi connectivity index (χ3n) is 7.34. The highest BCUT2D eigenvalue weighted by atomic mass is 32.1. The lowest BCUT2D eigenvalue weighted by Crippen LogP contribution is -2.56. The molecule has 0 bridgehead atoms. The Morgan fingerprint density at radius 3 is 2.12 bits per heavy atom. The van der Waals surface area contributed by atoms with Crippen molar-refractivity contribution in [2.75, 3.05) is 0 Å². The number of nitrogens with one attached hydrogen (secondary N) is 3. The maximum atomic E-state index is 13.7. The van der Waals surface area contributed by atoms with E-state index in [0.717, 1.165) is 20.3 Å². The number of carbonyl (C=O) groups is 3. The van der Waals surface area contributed by atoms with E-state index in [9.17, 15) is 19.5 Å². The molecular formula is C33H42N6O6S3. The predicted octanol–water partition coefficient (Wildman–Crippen LogP) is 5.45. The first kappa shape index (κ1) is 36.9. The zero-order chi connectivity index (χ0) is 34.5. The van der Waals surface area contributed by atoms with E-state index >= 15 is 0 Å². The first-order valence-corrected chi connectivity index (χ1v) is 18.3. The van der Waals surface area contributed by atoms with Gasteiger partial charge in [0.2, 0.25) is 5.91 Å².